The van der Waals surface area contributed by atoms with Gasteiger partial charge in [-0.25, -0.2) is 0 Å². The summed E-state index contributed by atoms with van der Waals surface area (Å²) in [4.78, 5) is 0. The van der Waals surface area contributed by atoms with Crippen LogP contribution < -0.4 is 0 Å². The molecule has 0 aromatic heterocycles. The van der Waals surface area contributed by atoms with Crippen LogP contribution in [0.1, 0.15) is 32.1 Å². The molecule has 0 unspecified atom stereocenters. The van der Waals surface area contributed by atoms with Gasteiger partial charge in [0.05, 0.1) is 6.10 Å². The first-order valence-electron chi connectivity index (χ1n) is 5.79. The minimum atomic E-state index is -0.584. The molecule has 0 amide bonds. The molecule has 0 radical (unpaired) electrons. The number of aliphatic hydroxyl groups is 1. The van der Waals surface area contributed by atoms with Crippen LogP contribution in [-0.4, -0.2) is 31.2 Å². The van der Waals surface area contributed by atoms with Gasteiger partial charge in [0.2, 0.25) is 0 Å². The van der Waals surface area contributed by atoms with E-state index in [0.717, 1.165) is 16.4 Å². The van der Waals surface area contributed by atoms with Gasteiger partial charge >= 0.3 is 0 Å². The van der Waals surface area contributed by atoms with Gasteiger partial charge in [-0.2, -0.15) is 0 Å². The third-order valence-corrected chi connectivity index (χ3v) is 3.76. The first kappa shape index (κ1) is 14.4. The van der Waals surface area contributed by atoms with E-state index in [-0.39, 0.29) is 12.9 Å². The maximum atomic E-state index is 10.1. The fourth-order valence-electron chi connectivity index (χ4n) is 2.27. The summed E-state index contributed by atoms with van der Waals surface area (Å²) < 4.78 is 11.3. The van der Waals surface area contributed by atoms with Crippen molar-refractivity contribution in [2.24, 2.45) is 5.92 Å². The van der Waals surface area contributed by atoms with Crippen molar-refractivity contribution in [1.82, 2.24) is 0 Å². The van der Waals surface area contributed by atoms with Gasteiger partial charge in [-0.3, -0.25) is 0 Å². The summed E-state index contributed by atoms with van der Waals surface area (Å²) in [5.41, 5.74) is 0. The largest absolute Gasteiger partial charge is 0.385 e. The number of methoxy groups -OCH3 is 1. The Kier molecular flexibility index (Phi) is 6.87. The Hall–Kier alpha value is 0.350. The Morgan fingerprint density at radius 2 is 2.06 bits per heavy atom. The standard InChI is InChI=1S/C12H21IO3/c1-9(13)11(14)12(16-8-15-2)10-6-4-3-5-7-10/h10-12,14H,1,3-8H2,2H3/t11-,12-/m0/s1. The first-order valence-corrected chi connectivity index (χ1v) is 6.87. The van der Waals surface area contributed by atoms with Crippen LogP contribution in [0.4, 0.5) is 0 Å². The van der Waals surface area contributed by atoms with E-state index in [4.69, 9.17) is 9.47 Å². The molecule has 3 nitrogen and oxygen atoms in total. The molecule has 1 saturated carbocycles. The molecule has 94 valence electrons. The van der Waals surface area contributed by atoms with E-state index < -0.39 is 6.10 Å². The number of ether oxygens (including phenoxy) is 2. The second-order valence-electron chi connectivity index (χ2n) is 4.33. The Bertz CT molecular complexity index is 214. The predicted octanol–water partition coefficient (Wildman–Crippen LogP) is 2.87. The van der Waals surface area contributed by atoms with E-state index in [1.807, 2.05) is 0 Å². The van der Waals surface area contributed by atoms with Crippen molar-refractivity contribution < 1.29 is 14.6 Å². The second kappa shape index (κ2) is 7.63. The molecule has 1 N–H and O–H groups in total. The van der Waals surface area contributed by atoms with E-state index in [0.29, 0.717) is 5.92 Å². The smallest absolute Gasteiger partial charge is 0.146 e. The molecule has 1 rings (SSSR count). The monoisotopic (exact) mass is 340 g/mol. The van der Waals surface area contributed by atoms with Crippen LogP contribution in [0.3, 0.4) is 0 Å². The number of aliphatic hydroxyl groups excluding tert-OH is 1. The molecule has 1 aliphatic carbocycles. The SMILES string of the molecule is C=C(I)[C@H](O)[C@@H](OCOC)C1CCCCC1. The summed E-state index contributed by atoms with van der Waals surface area (Å²) in [6, 6.07) is 0. The average molecular weight is 340 g/mol. The Morgan fingerprint density at radius 1 is 1.44 bits per heavy atom. The van der Waals surface area contributed by atoms with E-state index in [1.54, 1.807) is 7.11 Å². The molecule has 0 aliphatic heterocycles. The van der Waals surface area contributed by atoms with Gasteiger partial charge in [0, 0.05) is 10.7 Å². The Balaban J connectivity index is 2.57. The highest BCUT2D eigenvalue weighted by Crippen LogP contribution is 2.31. The van der Waals surface area contributed by atoms with Crippen molar-refractivity contribution in [2.45, 2.75) is 44.3 Å². The lowest BCUT2D eigenvalue weighted by Gasteiger charge is -2.33. The normalized spacial score (nSPS) is 21.7. The van der Waals surface area contributed by atoms with Gasteiger partial charge in [0.15, 0.2) is 0 Å². The van der Waals surface area contributed by atoms with Gasteiger partial charge in [0.1, 0.15) is 12.9 Å². The number of halogens is 1. The molecule has 0 saturated heterocycles. The van der Waals surface area contributed by atoms with Crippen molar-refractivity contribution in [3.05, 3.63) is 10.2 Å². The van der Waals surface area contributed by atoms with E-state index in [9.17, 15) is 5.11 Å². The highest BCUT2D eigenvalue weighted by molar-refractivity contribution is 14.1. The molecular weight excluding hydrogens is 319 g/mol. The van der Waals surface area contributed by atoms with Crippen LogP contribution in [0, 0.1) is 5.92 Å². The van der Waals surface area contributed by atoms with Gasteiger partial charge < -0.3 is 14.6 Å². The summed E-state index contributed by atoms with van der Waals surface area (Å²) >= 11 is 2.07. The fraction of sp³-hybridized carbons (Fsp3) is 0.833. The van der Waals surface area contributed by atoms with E-state index in [1.165, 1.54) is 19.3 Å². The van der Waals surface area contributed by atoms with Crippen molar-refractivity contribution in [2.75, 3.05) is 13.9 Å². The molecule has 0 aromatic carbocycles. The number of rotatable bonds is 6. The third-order valence-electron chi connectivity index (χ3n) is 3.12. The lowest BCUT2D eigenvalue weighted by atomic mass is 9.83. The van der Waals surface area contributed by atoms with Crippen molar-refractivity contribution in [1.29, 1.82) is 0 Å². The summed E-state index contributed by atoms with van der Waals surface area (Å²) in [6.45, 7) is 4.03. The van der Waals surface area contributed by atoms with Crippen molar-refractivity contribution in [3.8, 4) is 0 Å². The molecule has 16 heavy (non-hydrogen) atoms. The van der Waals surface area contributed by atoms with Gasteiger partial charge in [-0.1, -0.05) is 25.8 Å². The summed E-state index contributed by atoms with van der Waals surface area (Å²) in [7, 11) is 1.60. The van der Waals surface area contributed by atoms with E-state index >= 15 is 0 Å². The maximum Gasteiger partial charge on any atom is 0.146 e. The Morgan fingerprint density at radius 3 is 2.56 bits per heavy atom. The summed E-state index contributed by atoms with van der Waals surface area (Å²) in [5.74, 6) is 0.436. The lowest BCUT2D eigenvalue weighted by molar-refractivity contribution is -0.127. The first-order chi connectivity index (χ1) is 7.66. The van der Waals surface area contributed by atoms with Gasteiger partial charge in [-0.15, -0.1) is 0 Å². The number of hydrogen-bond acceptors (Lipinski definition) is 3. The quantitative estimate of drug-likeness (QED) is 0.597. The topological polar surface area (TPSA) is 38.7 Å². The molecular formula is C12H21IO3. The zero-order valence-electron chi connectivity index (χ0n) is 9.82. The Labute approximate surface area is 111 Å². The minimum absolute atomic E-state index is 0.162. The maximum absolute atomic E-state index is 10.1. The molecule has 0 bridgehead atoms. The van der Waals surface area contributed by atoms with Crippen LogP contribution in [0.5, 0.6) is 0 Å². The summed E-state index contributed by atoms with van der Waals surface area (Å²) in [6.07, 6.45) is 5.29. The molecule has 4 heteroatoms. The van der Waals surface area contributed by atoms with Crippen molar-refractivity contribution in [3.63, 3.8) is 0 Å². The minimum Gasteiger partial charge on any atom is -0.385 e. The molecule has 1 fully saturated rings. The number of hydrogen-bond donors (Lipinski definition) is 1. The molecule has 0 spiro atoms. The van der Waals surface area contributed by atoms with Crippen LogP contribution in [0.2, 0.25) is 0 Å². The molecule has 0 aromatic rings. The lowest BCUT2D eigenvalue weighted by Crippen LogP contribution is -2.37. The third kappa shape index (κ3) is 4.31. The van der Waals surface area contributed by atoms with Crippen LogP contribution in [-0.2, 0) is 9.47 Å². The molecule has 0 heterocycles. The second-order valence-corrected chi connectivity index (χ2v) is 5.71. The zero-order valence-corrected chi connectivity index (χ0v) is 12.0. The summed E-state index contributed by atoms with van der Waals surface area (Å²) in [5, 5.41) is 10.1. The highest BCUT2D eigenvalue weighted by Gasteiger charge is 2.31. The molecule has 2 atom stereocenters. The highest BCUT2D eigenvalue weighted by atomic mass is 127. The molecule has 1 aliphatic rings. The van der Waals surface area contributed by atoms with Crippen LogP contribution in [0.25, 0.3) is 0 Å². The van der Waals surface area contributed by atoms with Crippen LogP contribution in [0.15, 0.2) is 10.2 Å². The average Bonchev–Trinajstić information content (AvgIpc) is 2.30. The zero-order chi connectivity index (χ0) is 12.0. The fourth-order valence-corrected chi connectivity index (χ4v) is 2.63. The predicted molar refractivity (Wildman–Crippen MR) is 72.5 cm³/mol. The van der Waals surface area contributed by atoms with Gasteiger partial charge in [-0.05, 0) is 41.4 Å². The van der Waals surface area contributed by atoms with Gasteiger partial charge in [0.25, 0.3) is 0 Å². The van der Waals surface area contributed by atoms with E-state index in [2.05, 4.69) is 29.2 Å². The van der Waals surface area contributed by atoms with Crippen LogP contribution >= 0.6 is 22.6 Å². The van der Waals surface area contributed by atoms with Crippen molar-refractivity contribution >= 4 is 22.6 Å².